The molecule has 2 aliphatic rings. The van der Waals surface area contributed by atoms with Gasteiger partial charge in [-0.05, 0) is 25.0 Å². The van der Waals surface area contributed by atoms with Gasteiger partial charge in [0.15, 0.2) is 0 Å². The minimum atomic E-state index is -0.891. The monoisotopic (exact) mass is 275 g/mol. The zero-order valence-electron chi connectivity index (χ0n) is 12.1. The molecule has 0 radical (unpaired) electrons. The van der Waals surface area contributed by atoms with Crippen LogP contribution in [-0.2, 0) is 9.53 Å². The average molecular weight is 275 g/mol. The van der Waals surface area contributed by atoms with Crippen LogP contribution < -0.4 is 11.1 Å². The van der Waals surface area contributed by atoms with Crippen LogP contribution in [0.25, 0.3) is 0 Å². The highest BCUT2D eigenvalue weighted by molar-refractivity contribution is 6.00. The summed E-state index contributed by atoms with van der Waals surface area (Å²) in [6.45, 7) is 6.61. The number of amides is 1. The molecule has 0 bridgehead atoms. The Morgan fingerprint density at radius 1 is 1.55 bits per heavy atom. The van der Waals surface area contributed by atoms with Crippen LogP contribution in [0.15, 0.2) is 18.3 Å². The summed E-state index contributed by atoms with van der Waals surface area (Å²) in [5.41, 5.74) is 6.17. The van der Waals surface area contributed by atoms with E-state index in [9.17, 15) is 4.79 Å². The van der Waals surface area contributed by atoms with E-state index in [4.69, 9.17) is 10.5 Å². The third-order valence-corrected chi connectivity index (χ3v) is 5.07. The van der Waals surface area contributed by atoms with Gasteiger partial charge in [0.2, 0.25) is 5.91 Å². The number of nitrogens with one attached hydrogen (secondary N) is 1. The SMILES string of the molecule is Cc1cccnc1NC(=O)C1(N)C2CCOC2C1(C)C. The number of aromatic nitrogens is 1. The lowest BCUT2D eigenvalue weighted by Crippen LogP contribution is -2.79. The Morgan fingerprint density at radius 3 is 3.00 bits per heavy atom. The maximum Gasteiger partial charge on any atom is 0.246 e. The predicted octanol–water partition coefficient (Wildman–Crippen LogP) is 1.47. The van der Waals surface area contributed by atoms with E-state index in [0.717, 1.165) is 12.0 Å². The smallest absolute Gasteiger partial charge is 0.246 e. The Labute approximate surface area is 118 Å². The van der Waals surface area contributed by atoms with E-state index >= 15 is 0 Å². The normalized spacial score (nSPS) is 34.2. The summed E-state index contributed by atoms with van der Waals surface area (Å²) in [5.74, 6) is 0.526. The van der Waals surface area contributed by atoms with E-state index < -0.39 is 5.54 Å². The van der Waals surface area contributed by atoms with Crippen LogP contribution in [0.5, 0.6) is 0 Å². The maximum absolute atomic E-state index is 12.7. The first kappa shape index (κ1) is 13.5. The summed E-state index contributed by atoms with van der Waals surface area (Å²) < 4.78 is 5.71. The van der Waals surface area contributed by atoms with Gasteiger partial charge in [0, 0.05) is 24.1 Å². The van der Waals surface area contributed by atoms with Crippen LogP contribution in [0, 0.1) is 18.3 Å². The molecule has 5 heteroatoms. The molecule has 1 aromatic rings. The van der Waals surface area contributed by atoms with Crippen molar-refractivity contribution in [2.75, 3.05) is 11.9 Å². The molecule has 3 N–H and O–H groups in total. The van der Waals surface area contributed by atoms with Gasteiger partial charge in [-0.15, -0.1) is 0 Å². The number of carbonyl (C=O) groups is 1. The minimum absolute atomic E-state index is 0.0862. The topological polar surface area (TPSA) is 77.2 Å². The van der Waals surface area contributed by atoms with Gasteiger partial charge in [-0.3, -0.25) is 4.79 Å². The van der Waals surface area contributed by atoms with Gasteiger partial charge in [-0.2, -0.15) is 0 Å². The highest BCUT2D eigenvalue weighted by Gasteiger charge is 2.71. The van der Waals surface area contributed by atoms with Crippen LogP contribution in [0.4, 0.5) is 5.82 Å². The molecule has 1 aliphatic carbocycles. The van der Waals surface area contributed by atoms with Crippen LogP contribution in [0.2, 0.25) is 0 Å². The second kappa shape index (κ2) is 4.27. The van der Waals surface area contributed by atoms with Crippen LogP contribution in [0.1, 0.15) is 25.8 Å². The van der Waals surface area contributed by atoms with E-state index in [1.54, 1.807) is 6.20 Å². The van der Waals surface area contributed by atoms with Crippen LogP contribution >= 0.6 is 0 Å². The number of ether oxygens (including phenoxy) is 1. The number of hydrogen-bond donors (Lipinski definition) is 2. The van der Waals surface area contributed by atoms with Gasteiger partial charge < -0.3 is 15.8 Å². The van der Waals surface area contributed by atoms with E-state index in [2.05, 4.69) is 10.3 Å². The Kier molecular flexibility index (Phi) is 2.88. The molecule has 108 valence electrons. The van der Waals surface area contributed by atoms with Gasteiger partial charge in [0.05, 0.1) is 6.10 Å². The summed E-state index contributed by atoms with van der Waals surface area (Å²) >= 11 is 0. The highest BCUT2D eigenvalue weighted by Crippen LogP contribution is 2.58. The Balaban J connectivity index is 1.85. The van der Waals surface area contributed by atoms with E-state index in [0.29, 0.717) is 12.4 Å². The van der Waals surface area contributed by atoms with Gasteiger partial charge in [0.25, 0.3) is 0 Å². The van der Waals surface area contributed by atoms with Crippen molar-refractivity contribution in [3.63, 3.8) is 0 Å². The third kappa shape index (κ3) is 1.56. The van der Waals surface area contributed by atoms with Gasteiger partial charge in [-0.25, -0.2) is 4.98 Å². The van der Waals surface area contributed by atoms with Crippen LogP contribution in [0.3, 0.4) is 0 Å². The summed E-state index contributed by atoms with van der Waals surface area (Å²) in [4.78, 5) is 16.9. The number of carbonyl (C=O) groups excluding carboxylic acids is 1. The van der Waals surface area contributed by atoms with E-state index in [1.807, 2.05) is 32.9 Å². The molecule has 1 saturated heterocycles. The zero-order chi connectivity index (χ0) is 14.5. The number of nitrogens with two attached hydrogens (primary N) is 1. The molecular formula is C15H21N3O2. The zero-order valence-corrected chi connectivity index (χ0v) is 12.1. The first-order valence-corrected chi connectivity index (χ1v) is 7.02. The molecule has 3 rings (SSSR count). The molecule has 3 atom stereocenters. The lowest BCUT2D eigenvalue weighted by Gasteiger charge is -2.60. The average Bonchev–Trinajstić information content (AvgIpc) is 2.88. The number of fused-ring (bicyclic) bond motifs is 1. The minimum Gasteiger partial charge on any atom is -0.377 e. The molecule has 2 heterocycles. The van der Waals surface area contributed by atoms with Crippen molar-refractivity contribution in [1.82, 2.24) is 4.98 Å². The second-order valence-corrected chi connectivity index (χ2v) is 6.40. The maximum atomic E-state index is 12.7. The standard InChI is InChI=1S/C15H21N3O2/c1-9-5-4-7-17-12(9)18-13(19)15(16)10-6-8-20-11(10)14(15,2)3/h4-5,7,10-11H,6,8,16H2,1-3H3,(H,17,18,19). The number of hydrogen-bond acceptors (Lipinski definition) is 4. The van der Waals surface area contributed by atoms with E-state index in [1.165, 1.54) is 0 Å². The van der Waals surface area contributed by atoms with Crippen molar-refractivity contribution in [2.45, 2.75) is 38.8 Å². The molecule has 1 amide bonds. The van der Waals surface area contributed by atoms with Gasteiger partial charge in [-0.1, -0.05) is 19.9 Å². The molecule has 5 nitrogen and oxygen atoms in total. The third-order valence-electron chi connectivity index (χ3n) is 5.07. The fourth-order valence-electron chi connectivity index (χ4n) is 3.67. The summed E-state index contributed by atoms with van der Waals surface area (Å²) in [6.07, 6.45) is 2.60. The molecule has 1 aliphatic heterocycles. The fraction of sp³-hybridized carbons (Fsp3) is 0.600. The largest absolute Gasteiger partial charge is 0.377 e. The molecule has 20 heavy (non-hydrogen) atoms. The summed E-state index contributed by atoms with van der Waals surface area (Å²) in [5, 5.41) is 2.89. The van der Waals surface area contributed by atoms with Gasteiger partial charge >= 0.3 is 0 Å². The molecule has 1 saturated carbocycles. The lowest BCUT2D eigenvalue weighted by atomic mass is 9.48. The molecule has 3 unspecified atom stereocenters. The summed E-state index contributed by atoms with van der Waals surface area (Å²) in [7, 11) is 0. The molecule has 2 fully saturated rings. The Bertz CT molecular complexity index is 558. The molecular weight excluding hydrogens is 254 g/mol. The number of pyridine rings is 1. The number of rotatable bonds is 2. The first-order chi connectivity index (χ1) is 9.39. The second-order valence-electron chi connectivity index (χ2n) is 6.40. The van der Waals surface area contributed by atoms with Crippen molar-refractivity contribution in [2.24, 2.45) is 17.1 Å². The van der Waals surface area contributed by atoms with E-state index in [-0.39, 0.29) is 23.3 Å². The quantitative estimate of drug-likeness (QED) is 0.857. The number of anilines is 1. The summed E-state index contributed by atoms with van der Waals surface area (Å²) in [6, 6.07) is 3.76. The van der Waals surface area contributed by atoms with Crippen LogP contribution in [-0.4, -0.2) is 29.1 Å². The van der Waals surface area contributed by atoms with Crippen molar-refractivity contribution < 1.29 is 9.53 Å². The lowest BCUT2D eigenvalue weighted by molar-refractivity contribution is -0.170. The van der Waals surface area contributed by atoms with Crippen molar-refractivity contribution >= 4 is 11.7 Å². The Hall–Kier alpha value is -1.46. The highest BCUT2D eigenvalue weighted by atomic mass is 16.5. The molecule has 1 aromatic heterocycles. The first-order valence-electron chi connectivity index (χ1n) is 7.02. The predicted molar refractivity (Wildman–Crippen MR) is 76.2 cm³/mol. The fourth-order valence-corrected chi connectivity index (χ4v) is 3.67. The number of nitrogens with zero attached hydrogens (tertiary/aromatic N) is 1. The van der Waals surface area contributed by atoms with Crippen molar-refractivity contribution in [3.05, 3.63) is 23.9 Å². The molecule has 0 aromatic carbocycles. The number of aryl methyl sites for hydroxylation is 1. The molecule has 0 spiro atoms. The van der Waals surface area contributed by atoms with Gasteiger partial charge in [0.1, 0.15) is 11.4 Å². The van der Waals surface area contributed by atoms with Crippen molar-refractivity contribution in [1.29, 1.82) is 0 Å². The van der Waals surface area contributed by atoms with Crippen molar-refractivity contribution in [3.8, 4) is 0 Å². The Morgan fingerprint density at radius 2 is 2.30 bits per heavy atom.